The molecule has 1 nitrogen and oxygen atoms in total. The number of halogens is 3. The lowest BCUT2D eigenvalue weighted by Crippen LogP contribution is -2.08. The summed E-state index contributed by atoms with van der Waals surface area (Å²) >= 11 is 4.41. The number of hydrogen-bond donors (Lipinski definition) is 1. The van der Waals surface area contributed by atoms with Gasteiger partial charge in [-0.2, -0.15) is 13.2 Å². The number of allylic oxidation sites excluding steroid dienone is 2. The van der Waals surface area contributed by atoms with Gasteiger partial charge in [-0.25, -0.2) is 0 Å². The molecule has 0 aliphatic rings. The van der Waals surface area contributed by atoms with Crippen LogP contribution in [0.2, 0.25) is 0 Å². The predicted molar refractivity (Wildman–Crippen MR) is 132 cm³/mol. The Morgan fingerprint density at radius 3 is 2.15 bits per heavy atom. The van der Waals surface area contributed by atoms with Crippen LogP contribution in [0.1, 0.15) is 60.4 Å². The molecule has 0 amide bonds. The van der Waals surface area contributed by atoms with Gasteiger partial charge in [-0.05, 0) is 67.7 Å². The van der Waals surface area contributed by atoms with Gasteiger partial charge < -0.3 is 4.74 Å². The van der Waals surface area contributed by atoms with Crippen LogP contribution in [-0.4, -0.2) is 6.61 Å². The highest BCUT2D eigenvalue weighted by Gasteiger charge is 2.31. The Kier molecular flexibility index (Phi) is 7.96. The van der Waals surface area contributed by atoms with Crippen molar-refractivity contribution in [2.75, 3.05) is 6.61 Å². The van der Waals surface area contributed by atoms with Crippen LogP contribution in [0.3, 0.4) is 0 Å². The molecule has 0 saturated carbocycles. The van der Waals surface area contributed by atoms with Gasteiger partial charge in [0.1, 0.15) is 5.75 Å². The van der Waals surface area contributed by atoms with E-state index >= 15 is 0 Å². The molecule has 0 N–H and O–H groups in total. The molecule has 3 aromatic carbocycles. The van der Waals surface area contributed by atoms with E-state index in [2.05, 4.69) is 69.0 Å². The molecule has 2 unspecified atom stereocenters. The molecule has 0 fully saturated rings. The molecule has 0 bridgehead atoms. The highest BCUT2D eigenvalue weighted by Crippen LogP contribution is 2.39. The quantitative estimate of drug-likeness (QED) is 0.340. The summed E-state index contributed by atoms with van der Waals surface area (Å²) in [6, 6.07) is 20.2. The first-order valence-corrected chi connectivity index (χ1v) is 11.4. The Morgan fingerprint density at radius 2 is 1.58 bits per heavy atom. The van der Waals surface area contributed by atoms with Crippen molar-refractivity contribution in [3.63, 3.8) is 0 Å². The van der Waals surface area contributed by atoms with Gasteiger partial charge in [-0.15, -0.1) is 12.6 Å². The fraction of sp³-hybridized carbons (Fsp3) is 0.286. The lowest BCUT2D eigenvalue weighted by atomic mass is 9.81. The van der Waals surface area contributed by atoms with Gasteiger partial charge >= 0.3 is 6.18 Å². The third-order valence-corrected chi connectivity index (χ3v) is 6.18. The first kappa shape index (κ1) is 25.0. The van der Waals surface area contributed by atoms with Gasteiger partial charge in [0.25, 0.3) is 0 Å². The monoisotopic (exact) mass is 470 g/mol. The van der Waals surface area contributed by atoms with E-state index in [1.54, 1.807) is 6.92 Å². The third-order valence-electron chi connectivity index (χ3n) is 5.88. The Labute approximate surface area is 199 Å². The smallest absolute Gasteiger partial charge is 0.416 e. The number of aryl methyl sites for hydroxylation is 1. The van der Waals surface area contributed by atoms with E-state index in [-0.39, 0.29) is 24.2 Å². The van der Waals surface area contributed by atoms with Gasteiger partial charge in [-0.1, -0.05) is 61.0 Å². The van der Waals surface area contributed by atoms with Gasteiger partial charge in [0.05, 0.1) is 12.2 Å². The summed E-state index contributed by atoms with van der Waals surface area (Å²) < 4.78 is 45.4. The van der Waals surface area contributed by atoms with E-state index in [0.717, 1.165) is 28.2 Å². The second-order valence-electron chi connectivity index (χ2n) is 8.31. The zero-order chi connectivity index (χ0) is 24.2. The minimum atomic E-state index is -4.42. The fourth-order valence-corrected chi connectivity index (χ4v) is 4.11. The van der Waals surface area contributed by atoms with E-state index in [4.69, 9.17) is 4.74 Å². The average molecular weight is 471 g/mol. The summed E-state index contributed by atoms with van der Waals surface area (Å²) in [4.78, 5) is 0.877. The van der Waals surface area contributed by atoms with Crippen molar-refractivity contribution in [3.05, 3.63) is 101 Å². The molecule has 3 rings (SSSR count). The molecule has 0 aromatic heterocycles. The van der Waals surface area contributed by atoms with Crippen molar-refractivity contribution in [2.45, 2.75) is 50.6 Å². The minimum absolute atomic E-state index is 0.0124. The standard InChI is InChI=1S/C28H29F3OS/c1-5-32-27-17-23(28(29,30)31)12-15-25(27)19(3)16-26(22-10-13-24(33)14-11-22)20(4)21-8-6-18(2)7-9-21/h6-17,20,26,33H,5H2,1-4H3/b19-16+. The van der Waals surface area contributed by atoms with E-state index in [1.807, 2.05) is 19.1 Å². The molecule has 2 atom stereocenters. The number of ether oxygens (including phenoxy) is 1. The maximum Gasteiger partial charge on any atom is 0.416 e. The summed E-state index contributed by atoms with van der Waals surface area (Å²) in [5, 5.41) is 0. The Bertz CT molecular complexity index is 1100. The summed E-state index contributed by atoms with van der Waals surface area (Å²) in [6.45, 7) is 8.21. The van der Waals surface area contributed by atoms with Crippen molar-refractivity contribution in [2.24, 2.45) is 0 Å². The lowest BCUT2D eigenvalue weighted by molar-refractivity contribution is -0.137. The van der Waals surface area contributed by atoms with Crippen LogP contribution in [-0.2, 0) is 6.18 Å². The first-order chi connectivity index (χ1) is 15.6. The van der Waals surface area contributed by atoms with E-state index in [9.17, 15) is 13.2 Å². The molecular formula is C28H29F3OS. The molecule has 0 spiro atoms. The van der Waals surface area contributed by atoms with Gasteiger partial charge in [0.2, 0.25) is 0 Å². The topological polar surface area (TPSA) is 9.23 Å². The number of benzene rings is 3. The molecule has 174 valence electrons. The minimum Gasteiger partial charge on any atom is -0.493 e. The van der Waals surface area contributed by atoms with Crippen molar-refractivity contribution < 1.29 is 17.9 Å². The van der Waals surface area contributed by atoms with Crippen LogP contribution in [0.5, 0.6) is 5.75 Å². The molecular weight excluding hydrogens is 441 g/mol. The largest absolute Gasteiger partial charge is 0.493 e. The molecule has 33 heavy (non-hydrogen) atoms. The maximum atomic E-state index is 13.3. The van der Waals surface area contributed by atoms with Gasteiger partial charge in [0.15, 0.2) is 0 Å². The number of thiol groups is 1. The summed E-state index contributed by atoms with van der Waals surface area (Å²) in [5.41, 5.74) is 4.33. The summed E-state index contributed by atoms with van der Waals surface area (Å²) in [7, 11) is 0. The number of alkyl halides is 3. The maximum absolute atomic E-state index is 13.3. The van der Waals surface area contributed by atoms with Crippen LogP contribution >= 0.6 is 12.6 Å². The lowest BCUT2D eigenvalue weighted by Gasteiger charge is -2.24. The SMILES string of the molecule is CCOc1cc(C(F)(F)F)ccc1/C(C)=C/C(c1ccc(S)cc1)C(C)c1ccc(C)cc1. The van der Waals surface area contributed by atoms with Gasteiger partial charge in [0, 0.05) is 16.4 Å². The fourth-order valence-electron chi connectivity index (χ4n) is 3.96. The number of rotatable bonds is 7. The predicted octanol–water partition coefficient (Wildman–Crippen LogP) is 8.69. The van der Waals surface area contributed by atoms with Crippen LogP contribution in [0.4, 0.5) is 13.2 Å². The third kappa shape index (κ3) is 6.23. The number of hydrogen-bond acceptors (Lipinski definition) is 2. The Balaban J connectivity index is 2.08. The highest BCUT2D eigenvalue weighted by atomic mass is 32.1. The molecule has 0 saturated heterocycles. The van der Waals surface area contributed by atoms with E-state index in [0.29, 0.717) is 5.56 Å². The van der Waals surface area contributed by atoms with E-state index in [1.165, 1.54) is 17.2 Å². The van der Waals surface area contributed by atoms with Crippen LogP contribution in [0.25, 0.3) is 5.57 Å². The Hall–Kier alpha value is -2.66. The molecule has 0 heterocycles. The van der Waals surface area contributed by atoms with Crippen LogP contribution in [0.15, 0.2) is 77.7 Å². The second kappa shape index (κ2) is 10.5. The molecule has 0 aliphatic heterocycles. The van der Waals surface area contributed by atoms with Crippen LogP contribution < -0.4 is 4.74 Å². The van der Waals surface area contributed by atoms with Gasteiger partial charge in [-0.3, -0.25) is 0 Å². The summed E-state index contributed by atoms with van der Waals surface area (Å²) in [5.74, 6) is 0.406. The molecule has 5 heteroatoms. The van der Waals surface area contributed by atoms with E-state index < -0.39 is 11.7 Å². The molecule has 3 aromatic rings. The van der Waals surface area contributed by atoms with Crippen molar-refractivity contribution in [3.8, 4) is 5.75 Å². The molecule has 0 aliphatic carbocycles. The van der Waals surface area contributed by atoms with Crippen molar-refractivity contribution in [1.82, 2.24) is 0 Å². The summed E-state index contributed by atoms with van der Waals surface area (Å²) in [6.07, 6.45) is -2.29. The average Bonchev–Trinajstić information content (AvgIpc) is 2.77. The second-order valence-corrected chi connectivity index (χ2v) is 8.82. The first-order valence-electron chi connectivity index (χ1n) is 11.0. The normalized spacial score (nSPS) is 14.1. The zero-order valence-corrected chi connectivity index (χ0v) is 20.2. The van der Waals surface area contributed by atoms with Crippen LogP contribution in [0, 0.1) is 6.92 Å². The van der Waals surface area contributed by atoms with Crippen molar-refractivity contribution >= 4 is 18.2 Å². The Morgan fingerprint density at radius 1 is 0.970 bits per heavy atom. The van der Waals surface area contributed by atoms with Crippen molar-refractivity contribution in [1.29, 1.82) is 0 Å². The molecule has 0 radical (unpaired) electrons. The highest BCUT2D eigenvalue weighted by molar-refractivity contribution is 7.80. The zero-order valence-electron chi connectivity index (χ0n) is 19.3.